The van der Waals surface area contributed by atoms with E-state index in [1.54, 1.807) is 36.7 Å². The number of nitrogens with one attached hydrogen (secondary N) is 2. The largest absolute Gasteiger partial charge is 0.504 e. The molecule has 40 heavy (non-hydrogen) atoms. The molecule has 0 aliphatic rings. The number of rotatable bonds is 9. The molecular formula is C28H24N6O6. The third-order valence-corrected chi connectivity index (χ3v) is 5.53. The van der Waals surface area contributed by atoms with E-state index in [1.807, 2.05) is 0 Å². The Morgan fingerprint density at radius 3 is 1.52 bits per heavy atom. The van der Waals surface area contributed by atoms with Gasteiger partial charge >= 0.3 is 0 Å². The summed E-state index contributed by atoms with van der Waals surface area (Å²) in [5.74, 6) is -1.23. The third kappa shape index (κ3) is 6.37. The summed E-state index contributed by atoms with van der Waals surface area (Å²) in [4.78, 5) is 32.3. The Bertz CT molecular complexity index is 1460. The Balaban J connectivity index is 1.64. The Morgan fingerprint density at radius 2 is 1.18 bits per heavy atom. The van der Waals surface area contributed by atoms with E-state index in [-0.39, 0.29) is 34.1 Å². The molecule has 4 N–H and O–H groups in total. The number of methoxy groups -OCH3 is 2. The van der Waals surface area contributed by atoms with Gasteiger partial charge in [0.15, 0.2) is 23.0 Å². The molecule has 4 rings (SSSR count). The van der Waals surface area contributed by atoms with Crippen molar-refractivity contribution in [2.75, 3.05) is 14.2 Å². The summed E-state index contributed by atoms with van der Waals surface area (Å²) in [6, 6.07) is 12.5. The van der Waals surface area contributed by atoms with Gasteiger partial charge in [-0.25, -0.2) is 10.9 Å². The van der Waals surface area contributed by atoms with E-state index in [1.165, 1.54) is 63.3 Å². The lowest BCUT2D eigenvalue weighted by atomic mass is 9.98. The minimum atomic E-state index is -0.458. The molecule has 12 heteroatoms. The highest BCUT2D eigenvalue weighted by atomic mass is 16.5. The highest BCUT2D eigenvalue weighted by Crippen LogP contribution is 2.45. The first-order valence-electron chi connectivity index (χ1n) is 11.7. The van der Waals surface area contributed by atoms with Crippen LogP contribution >= 0.6 is 0 Å². The Kier molecular flexibility index (Phi) is 8.62. The first-order chi connectivity index (χ1) is 19.4. The van der Waals surface area contributed by atoms with E-state index in [4.69, 9.17) is 9.47 Å². The van der Waals surface area contributed by atoms with Crippen LogP contribution in [0.5, 0.6) is 23.0 Å². The molecular weight excluding hydrogens is 516 g/mol. The van der Waals surface area contributed by atoms with Gasteiger partial charge < -0.3 is 19.7 Å². The number of aromatic nitrogens is 2. The van der Waals surface area contributed by atoms with Crippen molar-refractivity contribution in [3.05, 3.63) is 95.6 Å². The molecule has 2 aromatic carbocycles. The van der Waals surface area contributed by atoms with Crippen LogP contribution in [0.2, 0.25) is 0 Å². The monoisotopic (exact) mass is 540 g/mol. The maximum Gasteiger partial charge on any atom is 0.272 e. The van der Waals surface area contributed by atoms with Crippen molar-refractivity contribution in [3.8, 4) is 34.1 Å². The van der Waals surface area contributed by atoms with Gasteiger partial charge in [-0.05, 0) is 59.7 Å². The van der Waals surface area contributed by atoms with Gasteiger partial charge in [-0.2, -0.15) is 10.2 Å². The molecule has 2 amide bonds. The van der Waals surface area contributed by atoms with Gasteiger partial charge in [0, 0.05) is 35.9 Å². The summed E-state index contributed by atoms with van der Waals surface area (Å²) < 4.78 is 10.6. The molecule has 0 fully saturated rings. The molecule has 2 heterocycles. The van der Waals surface area contributed by atoms with E-state index in [0.29, 0.717) is 22.3 Å². The fourth-order valence-corrected chi connectivity index (χ4v) is 3.58. The van der Waals surface area contributed by atoms with Crippen molar-refractivity contribution in [1.29, 1.82) is 0 Å². The second kappa shape index (κ2) is 12.6. The number of hydrogen-bond donors (Lipinski definition) is 4. The van der Waals surface area contributed by atoms with Crippen molar-refractivity contribution in [1.82, 2.24) is 20.8 Å². The van der Waals surface area contributed by atoms with Gasteiger partial charge in [0.25, 0.3) is 11.8 Å². The average molecular weight is 541 g/mol. The second-order valence-corrected chi connectivity index (χ2v) is 8.12. The van der Waals surface area contributed by atoms with Crippen molar-refractivity contribution in [2.45, 2.75) is 0 Å². The number of carbonyl (C=O) groups excluding carboxylic acids is 2. The molecule has 0 aliphatic heterocycles. The van der Waals surface area contributed by atoms with Crippen LogP contribution in [0, 0.1) is 0 Å². The summed E-state index contributed by atoms with van der Waals surface area (Å²) in [6.07, 6.45) is 8.62. The molecule has 0 aliphatic carbocycles. The number of ether oxygens (including phenoxy) is 2. The number of phenols is 2. The molecule has 12 nitrogen and oxygen atoms in total. The molecule has 0 bridgehead atoms. The van der Waals surface area contributed by atoms with E-state index >= 15 is 0 Å². The fraction of sp³-hybridized carbons (Fsp3) is 0.0714. The Morgan fingerprint density at radius 1 is 0.750 bits per heavy atom. The maximum absolute atomic E-state index is 12.2. The smallest absolute Gasteiger partial charge is 0.272 e. The van der Waals surface area contributed by atoms with Crippen molar-refractivity contribution in [3.63, 3.8) is 0 Å². The molecule has 0 atom stereocenters. The predicted octanol–water partition coefficient (Wildman–Crippen LogP) is 3.10. The minimum absolute atomic E-state index is 0.0960. The van der Waals surface area contributed by atoms with Crippen LogP contribution in [0.4, 0.5) is 0 Å². The lowest BCUT2D eigenvalue weighted by Gasteiger charge is -2.15. The predicted molar refractivity (Wildman–Crippen MR) is 147 cm³/mol. The minimum Gasteiger partial charge on any atom is -0.504 e. The number of benzene rings is 2. The topological polar surface area (TPSA) is 168 Å². The summed E-state index contributed by atoms with van der Waals surface area (Å²) in [5.41, 5.74) is 6.72. The van der Waals surface area contributed by atoms with E-state index in [0.717, 1.165) is 0 Å². The van der Waals surface area contributed by atoms with Gasteiger partial charge in [0.2, 0.25) is 0 Å². The summed E-state index contributed by atoms with van der Waals surface area (Å²) in [7, 11) is 2.75. The lowest BCUT2D eigenvalue weighted by molar-refractivity contribution is 0.0946. The molecule has 4 aromatic rings. The van der Waals surface area contributed by atoms with Crippen molar-refractivity contribution in [2.24, 2.45) is 10.2 Å². The SMILES string of the molecule is COc1cc(/C=N/NC(=O)c2cccnc2)cc(-c2cc(/C=N/NC(=O)c3cccnc3)cc(OC)c2O)c1O. The van der Waals surface area contributed by atoms with Crippen LogP contribution in [-0.4, -0.2) is 58.6 Å². The number of pyridine rings is 2. The van der Waals surface area contributed by atoms with Gasteiger partial charge in [0.05, 0.1) is 37.8 Å². The second-order valence-electron chi connectivity index (χ2n) is 8.12. The quantitative estimate of drug-likeness (QED) is 0.186. The van der Waals surface area contributed by atoms with Crippen molar-refractivity contribution < 1.29 is 29.3 Å². The van der Waals surface area contributed by atoms with Crippen LogP contribution in [-0.2, 0) is 0 Å². The van der Waals surface area contributed by atoms with Gasteiger partial charge in [-0.15, -0.1) is 0 Å². The molecule has 2 aromatic heterocycles. The zero-order valence-corrected chi connectivity index (χ0v) is 21.4. The maximum atomic E-state index is 12.2. The molecule has 0 spiro atoms. The number of carbonyl (C=O) groups is 2. The third-order valence-electron chi connectivity index (χ3n) is 5.53. The standard InChI is InChI=1S/C28H24N6O6/c1-39-23-11-17(13-31-33-27(37)19-5-3-7-29-15-19)9-21(25(23)35)22-10-18(12-24(40-2)26(22)36)14-32-34-28(38)20-6-4-8-30-16-20/h3-16,35-36H,1-2H3,(H,33,37)(H,34,38)/b31-13+,32-14+. The number of hydrazone groups is 2. The van der Waals surface area contributed by atoms with Crippen LogP contribution in [0.1, 0.15) is 31.8 Å². The fourth-order valence-electron chi connectivity index (χ4n) is 3.58. The molecule has 202 valence electrons. The van der Waals surface area contributed by atoms with Gasteiger partial charge in [-0.1, -0.05) is 0 Å². The number of nitrogens with zero attached hydrogens (tertiary/aromatic N) is 4. The Labute approximate surface area is 228 Å². The zero-order valence-electron chi connectivity index (χ0n) is 21.4. The van der Waals surface area contributed by atoms with Gasteiger partial charge in [0.1, 0.15) is 0 Å². The Hall–Kier alpha value is -5.78. The van der Waals surface area contributed by atoms with Crippen LogP contribution in [0.25, 0.3) is 11.1 Å². The van der Waals surface area contributed by atoms with Gasteiger partial charge in [-0.3, -0.25) is 19.6 Å². The van der Waals surface area contributed by atoms with Crippen molar-refractivity contribution >= 4 is 24.2 Å². The summed E-state index contributed by atoms with van der Waals surface area (Å²) in [5, 5.41) is 29.7. The highest BCUT2D eigenvalue weighted by molar-refractivity contribution is 5.96. The molecule has 0 radical (unpaired) electrons. The summed E-state index contributed by atoms with van der Waals surface area (Å²) >= 11 is 0. The highest BCUT2D eigenvalue weighted by Gasteiger charge is 2.19. The molecule has 0 saturated heterocycles. The van der Waals surface area contributed by atoms with Crippen LogP contribution < -0.4 is 20.3 Å². The molecule has 0 saturated carbocycles. The van der Waals surface area contributed by atoms with E-state index in [9.17, 15) is 19.8 Å². The zero-order chi connectivity index (χ0) is 28.5. The first-order valence-corrected chi connectivity index (χ1v) is 11.7. The first kappa shape index (κ1) is 27.3. The summed E-state index contributed by atoms with van der Waals surface area (Å²) in [6.45, 7) is 0. The number of amides is 2. The number of aromatic hydroxyl groups is 2. The number of phenolic OH excluding ortho intramolecular Hbond substituents is 2. The molecule has 0 unspecified atom stereocenters. The van der Waals surface area contributed by atoms with Crippen LogP contribution in [0.15, 0.2) is 83.5 Å². The normalized spacial score (nSPS) is 10.9. The average Bonchev–Trinajstić information content (AvgIpc) is 2.99. The number of hydrogen-bond acceptors (Lipinski definition) is 10. The lowest BCUT2D eigenvalue weighted by Crippen LogP contribution is -2.17. The van der Waals surface area contributed by atoms with Crippen LogP contribution in [0.3, 0.4) is 0 Å². The van der Waals surface area contributed by atoms with E-state index in [2.05, 4.69) is 31.0 Å². The van der Waals surface area contributed by atoms with E-state index < -0.39 is 11.8 Å².